The van der Waals surface area contributed by atoms with Gasteiger partial charge in [0.15, 0.2) is 0 Å². The van der Waals surface area contributed by atoms with Crippen molar-refractivity contribution in [2.45, 2.75) is 0 Å². The van der Waals surface area contributed by atoms with E-state index in [1.807, 2.05) is 42.5 Å². The Morgan fingerprint density at radius 2 is 2.00 bits per heavy atom. The Kier molecular flexibility index (Phi) is 2.76. The Balaban J connectivity index is 2.19. The second kappa shape index (κ2) is 4.57. The fraction of sp³-hybridized carbons (Fsp3) is 0.0667. The maximum Gasteiger partial charge on any atom is 0.133 e. The summed E-state index contributed by atoms with van der Waals surface area (Å²) < 4.78 is 5.22. The third-order valence-corrected chi connectivity index (χ3v) is 2.99. The van der Waals surface area contributed by atoms with Crippen molar-refractivity contribution in [2.75, 3.05) is 12.8 Å². The number of nitrogen functional groups attached to an aromatic ring is 1. The first-order valence-corrected chi connectivity index (χ1v) is 5.93. The van der Waals surface area contributed by atoms with E-state index in [0.29, 0.717) is 5.82 Å². The van der Waals surface area contributed by atoms with E-state index in [-0.39, 0.29) is 0 Å². The van der Waals surface area contributed by atoms with Crippen molar-refractivity contribution < 1.29 is 4.74 Å². The van der Waals surface area contributed by atoms with Crippen LogP contribution in [0.2, 0.25) is 0 Å². The van der Waals surface area contributed by atoms with Crippen LogP contribution in [0.15, 0.2) is 48.7 Å². The molecular weight excluding hydrogens is 238 g/mol. The second-order valence-corrected chi connectivity index (χ2v) is 4.19. The maximum absolute atomic E-state index is 5.98. The normalized spacial score (nSPS) is 10.6. The number of fused-ring (bicyclic) bond motifs is 1. The second-order valence-electron chi connectivity index (χ2n) is 4.19. The van der Waals surface area contributed by atoms with Gasteiger partial charge in [-0.2, -0.15) is 0 Å². The third kappa shape index (κ3) is 2.08. The monoisotopic (exact) mass is 251 g/mol. The summed E-state index contributed by atoms with van der Waals surface area (Å²) in [4.78, 5) is 8.75. The SMILES string of the molecule is COc1cccc(-c2cc3ncccc3c(N)n2)c1. The van der Waals surface area contributed by atoms with Crippen molar-refractivity contribution >= 4 is 16.7 Å². The third-order valence-electron chi connectivity index (χ3n) is 2.99. The quantitative estimate of drug-likeness (QED) is 0.760. The number of nitrogens with two attached hydrogens (primary N) is 1. The minimum absolute atomic E-state index is 0.489. The number of anilines is 1. The van der Waals surface area contributed by atoms with Crippen molar-refractivity contribution in [3.05, 3.63) is 48.7 Å². The molecule has 19 heavy (non-hydrogen) atoms. The minimum atomic E-state index is 0.489. The standard InChI is InChI=1S/C15H13N3O/c1-19-11-5-2-4-10(8-11)13-9-14-12(15(16)18-13)6-3-7-17-14/h2-9H,1H3,(H2,16,18). The lowest BCUT2D eigenvalue weighted by atomic mass is 10.1. The van der Waals surface area contributed by atoms with Crippen LogP contribution in [0.1, 0.15) is 0 Å². The lowest BCUT2D eigenvalue weighted by Crippen LogP contribution is -1.95. The van der Waals surface area contributed by atoms with Crippen LogP contribution in [0.25, 0.3) is 22.2 Å². The molecule has 0 aliphatic carbocycles. The van der Waals surface area contributed by atoms with E-state index < -0.39 is 0 Å². The molecule has 0 atom stereocenters. The van der Waals surface area contributed by atoms with Gasteiger partial charge in [-0.05, 0) is 30.3 Å². The molecular formula is C15H13N3O. The summed E-state index contributed by atoms with van der Waals surface area (Å²) >= 11 is 0. The number of hydrogen-bond acceptors (Lipinski definition) is 4. The molecule has 0 saturated carbocycles. The predicted molar refractivity (Wildman–Crippen MR) is 75.9 cm³/mol. The van der Waals surface area contributed by atoms with Crippen molar-refractivity contribution in [1.82, 2.24) is 9.97 Å². The van der Waals surface area contributed by atoms with E-state index in [9.17, 15) is 0 Å². The van der Waals surface area contributed by atoms with Gasteiger partial charge < -0.3 is 10.5 Å². The first kappa shape index (κ1) is 11.5. The molecule has 0 saturated heterocycles. The maximum atomic E-state index is 5.98. The smallest absolute Gasteiger partial charge is 0.133 e. The van der Waals surface area contributed by atoms with Crippen molar-refractivity contribution in [3.8, 4) is 17.0 Å². The first-order chi connectivity index (χ1) is 9.28. The van der Waals surface area contributed by atoms with Gasteiger partial charge in [0.05, 0.1) is 18.3 Å². The molecule has 0 fully saturated rings. The summed E-state index contributed by atoms with van der Waals surface area (Å²) in [7, 11) is 1.64. The number of benzene rings is 1. The Morgan fingerprint density at radius 3 is 2.84 bits per heavy atom. The summed E-state index contributed by atoms with van der Waals surface area (Å²) in [5, 5.41) is 0.870. The average molecular weight is 251 g/mol. The number of rotatable bonds is 2. The molecule has 0 radical (unpaired) electrons. The summed E-state index contributed by atoms with van der Waals surface area (Å²) in [6.45, 7) is 0. The van der Waals surface area contributed by atoms with Crippen LogP contribution in [0.3, 0.4) is 0 Å². The zero-order valence-corrected chi connectivity index (χ0v) is 10.5. The highest BCUT2D eigenvalue weighted by Crippen LogP contribution is 2.26. The molecule has 3 aromatic rings. The van der Waals surface area contributed by atoms with E-state index in [1.54, 1.807) is 13.3 Å². The van der Waals surface area contributed by atoms with Gasteiger partial charge >= 0.3 is 0 Å². The molecule has 2 heterocycles. The van der Waals surface area contributed by atoms with Gasteiger partial charge in [0, 0.05) is 17.1 Å². The van der Waals surface area contributed by atoms with Crippen LogP contribution >= 0.6 is 0 Å². The fourth-order valence-electron chi connectivity index (χ4n) is 2.03. The molecule has 3 rings (SSSR count). The highest BCUT2D eigenvalue weighted by Gasteiger charge is 2.06. The molecule has 4 nitrogen and oxygen atoms in total. The highest BCUT2D eigenvalue weighted by atomic mass is 16.5. The van der Waals surface area contributed by atoms with Crippen LogP contribution in [0.5, 0.6) is 5.75 Å². The summed E-state index contributed by atoms with van der Waals surface area (Å²) in [5.41, 5.74) is 8.57. The fourth-order valence-corrected chi connectivity index (χ4v) is 2.03. The van der Waals surface area contributed by atoms with E-state index >= 15 is 0 Å². The van der Waals surface area contributed by atoms with Gasteiger partial charge in [0.1, 0.15) is 11.6 Å². The van der Waals surface area contributed by atoms with Gasteiger partial charge in [-0.25, -0.2) is 4.98 Å². The average Bonchev–Trinajstić information content (AvgIpc) is 2.47. The molecule has 0 amide bonds. The lowest BCUT2D eigenvalue weighted by Gasteiger charge is -2.07. The number of nitrogens with zero attached hydrogens (tertiary/aromatic N) is 2. The highest BCUT2D eigenvalue weighted by molar-refractivity contribution is 5.90. The van der Waals surface area contributed by atoms with E-state index in [2.05, 4.69) is 9.97 Å². The molecule has 2 N–H and O–H groups in total. The number of ether oxygens (including phenoxy) is 1. The summed E-state index contributed by atoms with van der Waals surface area (Å²) in [5.74, 6) is 1.28. The number of methoxy groups -OCH3 is 1. The molecule has 94 valence electrons. The Labute approximate surface area is 110 Å². The van der Waals surface area contributed by atoms with Gasteiger partial charge in [0.2, 0.25) is 0 Å². The van der Waals surface area contributed by atoms with Crippen LogP contribution in [0.4, 0.5) is 5.82 Å². The predicted octanol–water partition coefficient (Wildman–Crippen LogP) is 2.89. The summed E-state index contributed by atoms with van der Waals surface area (Å²) in [6.07, 6.45) is 1.75. The molecule has 0 bridgehead atoms. The lowest BCUT2D eigenvalue weighted by molar-refractivity contribution is 0.415. The van der Waals surface area contributed by atoms with Gasteiger partial charge in [-0.3, -0.25) is 4.98 Å². The van der Waals surface area contributed by atoms with Crippen LogP contribution in [0, 0.1) is 0 Å². The Bertz CT molecular complexity index is 740. The van der Waals surface area contributed by atoms with E-state index in [0.717, 1.165) is 27.9 Å². The van der Waals surface area contributed by atoms with Gasteiger partial charge in [0.25, 0.3) is 0 Å². The Hall–Kier alpha value is -2.62. The van der Waals surface area contributed by atoms with Gasteiger partial charge in [-0.15, -0.1) is 0 Å². The number of aromatic nitrogens is 2. The minimum Gasteiger partial charge on any atom is -0.497 e. The zero-order valence-electron chi connectivity index (χ0n) is 10.5. The topological polar surface area (TPSA) is 61.0 Å². The van der Waals surface area contributed by atoms with Crippen LogP contribution in [-0.2, 0) is 0 Å². The van der Waals surface area contributed by atoms with Crippen molar-refractivity contribution in [3.63, 3.8) is 0 Å². The molecule has 4 heteroatoms. The Morgan fingerprint density at radius 1 is 1.11 bits per heavy atom. The van der Waals surface area contributed by atoms with E-state index in [4.69, 9.17) is 10.5 Å². The molecule has 0 spiro atoms. The first-order valence-electron chi connectivity index (χ1n) is 5.93. The molecule has 0 unspecified atom stereocenters. The van der Waals surface area contributed by atoms with Crippen LogP contribution < -0.4 is 10.5 Å². The summed E-state index contributed by atoms with van der Waals surface area (Å²) in [6, 6.07) is 13.4. The largest absolute Gasteiger partial charge is 0.497 e. The number of hydrogen-bond donors (Lipinski definition) is 1. The van der Waals surface area contributed by atoms with Gasteiger partial charge in [-0.1, -0.05) is 12.1 Å². The van der Waals surface area contributed by atoms with Crippen molar-refractivity contribution in [2.24, 2.45) is 0 Å². The molecule has 0 aliphatic rings. The molecule has 0 aliphatic heterocycles. The molecule has 1 aromatic carbocycles. The zero-order chi connectivity index (χ0) is 13.2. The van der Waals surface area contributed by atoms with Crippen molar-refractivity contribution in [1.29, 1.82) is 0 Å². The number of pyridine rings is 2. The molecule has 2 aromatic heterocycles. The van der Waals surface area contributed by atoms with Crippen LogP contribution in [-0.4, -0.2) is 17.1 Å². The van der Waals surface area contributed by atoms with E-state index in [1.165, 1.54) is 0 Å².